The maximum atomic E-state index is 11.9. The largest absolute Gasteiger partial charge is 0.508 e. The van der Waals surface area contributed by atoms with Gasteiger partial charge in [0.05, 0.1) is 5.69 Å². The molecule has 1 heterocycles. The predicted octanol–water partition coefficient (Wildman–Crippen LogP) is 2.00. The summed E-state index contributed by atoms with van der Waals surface area (Å²) in [5, 5.41) is 9.32. The van der Waals surface area contributed by atoms with Crippen LogP contribution in [0.1, 0.15) is 15.9 Å². The van der Waals surface area contributed by atoms with E-state index in [0.29, 0.717) is 16.8 Å². The Morgan fingerprint density at radius 1 is 1.07 bits per heavy atom. The van der Waals surface area contributed by atoms with Gasteiger partial charge in [-0.3, -0.25) is 9.78 Å². The third kappa shape index (κ3) is 1.00. The summed E-state index contributed by atoms with van der Waals surface area (Å²) >= 11 is 0. The van der Waals surface area contributed by atoms with Crippen molar-refractivity contribution in [2.45, 2.75) is 0 Å². The zero-order valence-corrected chi connectivity index (χ0v) is 7.77. The first-order valence-electron chi connectivity index (χ1n) is 4.60. The molecule has 1 aliphatic carbocycles. The van der Waals surface area contributed by atoms with E-state index >= 15 is 0 Å². The van der Waals surface area contributed by atoms with Crippen LogP contribution in [0, 0.1) is 0 Å². The molecule has 0 spiro atoms. The molecule has 0 saturated carbocycles. The Kier molecular flexibility index (Phi) is 1.45. The number of aromatic hydroxyl groups is 1. The zero-order valence-electron chi connectivity index (χ0n) is 7.77. The molecule has 0 aliphatic heterocycles. The molecule has 1 N–H and O–H groups in total. The normalized spacial score (nSPS) is 12.4. The summed E-state index contributed by atoms with van der Waals surface area (Å²) in [6.07, 6.45) is 1.66. The number of hydrogen-bond acceptors (Lipinski definition) is 3. The molecular weight excluding hydrogens is 190 g/mol. The lowest BCUT2D eigenvalue weighted by Crippen LogP contribution is -1.94. The summed E-state index contributed by atoms with van der Waals surface area (Å²) < 4.78 is 0. The Balaban J connectivity index is 2.38. The number of carbonyl (C=O) groups excluding carboxylic acids is 1. The van der Waals surface area contributed by atoms with E-state index in [-0.39, 0.29) is 11.5 Å². The molecular formula is C12H7NO2. The van der Waals surface area contributed by atoms with Gasteiger partial charge in [-0.05, 0) is 30.3 Å². The molecule has 0 unspecified atom stereocenters. The van der Waals surface area contributed by atoms with Crippen molar-refractivity contribution in [3.05, 3.63) is 47.7 Å². The van der Waals surface area contributed by atoms with Crippen LogP contribution in [0.2, 0.25) is 0 Å². The Morgan fingerprint density at radius 2 is 1.93 bits per heavy atom. The highest BCUT2D eigenvalue weighted by molar-refractivity contribution is 6.21. The minimum atomic E-state index is -0.0657. The first-order chi connectivity index (χ1) is 7.27. The molecule has 15 heavy (non-hydrogen) atoms. The number of aromatic nitrogens is 1. The van der Waals surface area contributed by atoms with Gasteiger partial charge in [0.1, 0.15) is 5.75 Å². The van der Waals surface area contributed by atoms with Crippen molar-refractivity contribution in [2.75, 3.05) is 0 Å². The summed E-state index contributed by atoms with van der Waals surface area (Å²) in [7, 11) is 0. The summed E-state index contributed by atoms with van der Waals surface area (Å²) in [6, 6.07) is 8.26. The molecule has 1 aliphatic rings. The molecule has 3 nitrogen and oxygen atoms in total. The van der Waals surface area contributed by atoms with Gasteiger partial charge in [-0.2, -0.15) is 0 Å². The van der Waals surface area contributed by atoms with E-state index < -0.39 is 0 Å². The number of nitrogens with zero attached hydrogens (tertiary/aromatic N) is 1. The van der Waals surface area contributed by atoms with E-state index in [1.165, 1.54) is 6.07 Å². The number of phenolic OH excluding ortho intramolecular Hbond substituents is 1. The van der Waals surface area contributed by atoms with Crippen molar-refractivity contribution < 1.29 is 9.90 Å². The van der Waals surface area contributed by atoms with Gasteiger partial charge in [-0.1, -0.05) is 0 Å². The van der Waals surface area contributed by atoms with Crippen LogP contribution in [0.4, 0.5) is 0 Å². The molecule has 3 heteroatoms. The molecule has 0 radical (unpaired) electrons. The van der Waals surface area contributed by atoms with Crippen LogP contribution >= 0.6 is 0 Å². The van der Waals surface area contributed by atoms with E-state index in [1.807, 2.05) is 0 Å². The number of hydrogen-bond donors (Lipinski definition) is 1. The number of pyridine rings is 1. The molecule has 1 aromatic heterocycles. The van der Waals surface area contributed by atoms with E-state index in [1.54, 1.807) is 30.5 Å². The number of rotatable bonds is 0. The predicted molar refractivity (Wildman–Crippen MR) is 54.8 cm³/mol. The van der Waals surface area contributed by atoms with E-state index in [4.69, 9.17) is 0 Å². The van der Waals surface area contributed by atoms with Crippen LogP contribution in [0.25, 0.3) is 11.3 Å². The summed E-state index contributed by atoms with van der Waals surface area (Å²) in [5.41, 5.74) is 2.65. The van der Waals surface area contributed by atoms with Crippen LogP contribution in [-0.2, 0) is 0 Å². The van der Waals surface area contributed by atoms with Gasteiger partial charge in [0.15, 0.2) is 5.78 Å². The van der Waals surface area contributed by atoms with Crippen molar-refractivity contribution in [1.29, 1.82) is 0 Å². The second-order valence-electron chi connectivity index (χ2n) is 3.46. The molecule has 0 fully saturated rings. The summed E-state index contributed by atoms with van der Waals surface area (Å²) in [6.45, 7) is 0. The van der Waals surface area contributed by atoms with Gasteiger partial charge in [-0.25, -0.2) is 0 Å². The fourth-order valence-electron chi connectivity index (χ4n) is 1.87. The molecule has 0 amide bonds. The molecule has 72 valence electrons. The van der Waals surface area contributed by atoms with Crippen LogP contribution in [-0.4, -0.2) is 15.9 Å². The van der Waals surface area contributed by atoms with Gasteiger partial charge in [-0.15, -0.1) is 0 Å². The molecule has 0 atom stereocenters. The lowest BCUT2D eigenvalue weighted by atomic mass is 10.1. The lowest BCUT2D eigenvalue weighted by molar-refractivity contribution is 0.104. The average molecular weight is 197 g/mol. The van der Waals surface area contributed by atoms with E-state index in [2.05, 4.69) is 4.98 Å². The number of benzene rings is 1. The van der Waals surface area contributed by atoms with Crippen LogP contribution < -0.4 is 0 Å². The molecule has 0 bridgehead atoms. The third-order valence-corrected chi connectivity index (χ3v) is 2.56. The quantitative estimate of drug-likeness (QED) is 0.599. The van der Waals surface area contributed by atoms with Gasteiger partial charge in [0.25, 0.3) is 0 Å². The second kappa shape index (κ2) is 2.67. The highest BCUT2D eigenvalue weighted by Gasteiger charge is 2.27. The Labute approximate surface area is 86.0 Å². The van der Waals surface area contributed by atoms with Crippen molar-refractivity contribution in [3.8, 4) is 17.0 Å². The Hall–Kier alpha value is -2.16. The Morgan fingerprint density at radius 3 is 2.80 bits per heavy atom. The minimum absolute atomic E-state index is 0.0657. The standard InChI is InChI=1S/C12H7NO2/c14-7-3-4-8-10(6-7)12(15)9-2-1-5-13-11(8)9/h1-6,14H. The second-order valence-corrected chi connectivity index (χ2v) is 3.46. The third-order valence-electron chi connectivity index (χ3n) is 2.56. The van der Waals surface area contributed by atoms with E-state index in [9.17, 15) is 9.90 Å². The van der Waals surface area contributed by atoms with Crippen LogP contribution in [0.3, 0.4) is 0 Å². The number of ketones is 1. The van der Waals surface area contributed by atoms with Crippen molar-refractivity contribution in [1.82, 2.24) is 4.98 Å². The van der Waals surface area contributed by atoms with Crippen molar-refractivity contribution in [2.24, 2.45) is 0 Å². The lowest BCUT2D eigenvalue weighted by Gasteiger charge is -1.97. The fourth-order valence-corrected chi connectivity index (χ4v) is 1.87. The highest BCUT2D eigenvalue weighted by atomic mass is 16.3. The maximum Gasteiger partial charge on any atom is 0.196 e. The minimum Gasteiger partial charge on any atom is -0.508 e. The maximum absolute atomic E-state index is 11.9. The summed E-state index contributed by atoms with van der Waals surface area (Å²) in [5.74, 6) is 0.0407. The van der Waals surface area contributed by atoms with Crippen LogP contribution in [0.5, 0.6) is 5.75 Å². The SMILES string of the molecule is O=C1c2cc(O)ccc2-c2ncccc21. The Bertz CT molecular complexity index is 576. The average Bonchev–Trinajstić information content (AvgIpc) is 2.54. The van der Waals surface area contributed by atoms with Crippen molar-refractivity contribution in [3.63, 3.8) is 0 Å². The van der Waals surface area contributed by atoms with E-state index in [0.717, 1.165) is 5.56 Å². The molecule has 0 saturated heterocycles. The molecule has 1 aromatic carbocycles. The van der Waals surface area contributed by atoms with Gasteiger partial charge >= 0.3 is 0 Å². The number of fused-ring (bicyclic) bond motifs is 3. The first kappa shape index (κ1) is 8.17. The zero-order chi connectivity index (χ0) is 10.4. The number of phenols is 1. The summed E-state index contributed by atoms with van der Waals surface area (Å²) in [4.78, 5) is 16.1. The fraction of sp³-hybridized carbons (Fsp3) is 0. The molecule has 2 aromatic rings. The van der Waals surface area contributed by atoms with Crippen LogP contribution in [0.15, 0.2) is 36.5 Å². The molecule has 3 rings (SSSR count). The topological polar surface area (TPSA) is 50.2 Å². The van der Waals surface area contributed by atoms with Gasteiger partial charge in [0.2, 0.25) is 0 Å². The number of carbonyl (C=O) groups is 1. The first-order valence-corrected chi connectivity index (χ1v) is 4.60. The van der Waals surface area contributed by atoms with Gasteiger partial charge in [0, 0.05) is 22.9 Å². The highest BCUT2D eigenvalue weighted by Crippen LogP contribution is 2.36. The van der Waals surface area contributed by atoms with Gasteiger partial charge < -0.3 is 5.11 Å². The smallest absolute Gasteiger partial charge is 0.196 e. The monoisotopic (exact) mass is 197 g/mol. The van der Waals surface area contributed by atoms with Crippen molar-refractivity contribution >= 4 is 5.78 Å².